The third-order valence-corrected chi connectivity index (χ3v) is 6.10. The van der Waals surface area contributed by atoms with Crippen LogP contribution in [-0.2, 0) is 17.0 Å². The van der Waals surface area contributed by atoms with Crippen LogP contribution in [0.1, 0.15) is 21.5 Å². The van der Waals surface area contributed by atoms with Crippen molar-refractivity contribution in [3.05, 3.63) is 69.2 Å². The summed E-state index contributed by atoms with van der Waals surface area (Å²) < 4.78 is 5.38. The molecule has 0 saturated carbocycles. The van der Waals surface area contributed by atoms with E-state index in [2.05, 4.69) is 16.3 Å². The van der Waals surface area contributed by atoms with Gasteiger partial charge in [0.05, 0.1) is 13.2 Å². The summed E-state index contributed by atoms with van der Waals surface area (Å²) in [5.74, 6) is 1.58. The van der Waals surface area contributed by atoms with Crippen LogP contribution >= 0.6 is 35.0 Å². The lowest BCUT2D eigenvalue weighted by Gasteiger charge is -2.26. The summed E-state index contributed by atoms with van der Waals surface area (Å²) in [6, 6.07) is 13.4. The van der Waals surface area contributed by atoms with Crippen LogP contribution in [0.2, 0.25) is 10.0 Å². The van der Waals surface area contributed by atoms with Gasteiger partial charge >= 0.3 is 0 Å². The van der Waals surface area contributed by atoms with Crippen LogP contribution in [0.15, 0.2) is 42.5 Å². The fourth-order valence-electron chi connectivity index (χ4n) is 2.99. The molecule has 0 aliphatic carbocycles. The van der Waals surface area contributed by atoms with Crippen molar-refractivity contribution in [2.24, 2.45) is 0 Å². The van der Waals surface area contributed by atoms with E-state index >= 15 is 0 Å². The predicted molar refractivity (Wildman–Crippen MR) is 117 cm³/mol. The Morgan fingerprint density at radius 1 is 1.14 bits per heavy atom. The van der Waals surface area contributed by atoms with Gasteiger partial charge in [0.1, 0.15) is 0 Å². The molecular formula is C21H24Cl2N2O2S. The molecule has 150 valence electrons. The summed E-state index contributed by atoms with van der Waals surface area (Å²) in [5, 5.41) is 4.31. The van der Waals surface area contributed by atoms with E-state index in [1.807, 2.05) is 30.3 Å². The van der Waals surface area contributed by atoms with Crippen molar-refractivity contribution in [2.75, 3.05) is 38.6 Å². The molecule has 2 aromatic rings. The number of ether oxygens (including phenoxy) is 1. The highest BCUT2D eigenvalue weighted by Gasteiger charge is 2.12. The number of nitrogens with one attached hydrogen (secondary N) is 1. The minimum Gasteiger partial charge on any atom is -0.379 e. The molecule has 1 fully saturated rings. The molecule has 0 spiro atoms. The molecule has 1 aliphatic rings. The molecule has 1 aliphatic heterocycles. The minimum absolute atomic E-state index is 0.0334. The molecule has 1 N–H and O–H groups in total. The van der Waals surface area contributed by atoms with Crippen molar-refractivity contribution in [1.29, 1.82) is 0 Å². The molecule has 1 amide bonds. The van der Waals surface area contributed by atoms with E-state index < -0.39 is 0 Å². The first-order valence-electron chi connectivity index (χ1n) is 9.31. The van der Waals surface area contributed by atoms with Gasteiger partial charge in [-0.1, -0.05) is 41.4 Å². The molecule has 7 heteroatoms. The van der Waals surface area contributed by atoms with Crippen molar-refractivity contribution in [3.8, 4) is 0 Å². The van der Waals surface area contributed by atoms with Gasteiger partial charge < -0.3 is 10.1 Å². The van der Waals surface area contributed by atoms with Crippen molar-refractivity contribution < 1.29 is 9.53 Å². The van der Waals surface area contributed by atoms with Crippen molar-refractivity contribution in [2.45, 2.75) is 12.3 Å². The second kappa shape index (κ2) is 11.1. The summed E-state index contributed by atoms with van der Waals surface area (Å²) in [5.41, 5.74) is 2.91. The lowest BCUT2D eigenvalue weighted by atomic mass is 10.1. The largest absolute Gasteiger partial charge is 0.379 e. The first kappa shape index (κ1) is 21.5. The summed E-state index contributed by atoms with van der Waals surface area (Å²) in [6.45, 7) is 4.89. The maximum atomic E-state index is 12.4. The van der Waals surface area contributed by atoms with Gasteiger partial charge in [0, 0.05) is 53.3 Å². The number of thioether (sulfide) groups is 1. The number of morpholine rings is 1. The molecule has 0 atom stereocenters. The Balaban J connectivity index is 1.41. The molecule has 0 aromatic heterocycles. The van der Waals surface area contributed by atoms with E-state index in [4.69, 9.17) is 27.9 Å². The highest BCUT2D eigenvalue weighted by atomic mass is 35.5. The topological polar surface area (TPSA) is 41.6 Å². The van der Waals surface area contributed by atoms with E-state index in [9.17, 15) is 4.79 Å². The minimum atomic E-state index is -0.0334. The molecular weight excluding hydrogens is 415 g/mol. The number of rotatable bonds is 8. The second-order valence-electron chi connectivity index (χ2n) is 6.63. The summed E-state index contributed by atoms with van der Waals surface area (Å²) in [4.78, 5) is 14.8. The van der Waals surface area contributed by atoms with E-state index in [-0.39, 0.29) is 5.91 Å². The number of carbonyl (C=O) groups excluding carboxylic acids is 1. The Morgan fingerprint density at radius 2 is 1.96 bits per heavy atom. The predicted octanol–water partition coefficient (Wildman–Crippen LogP) is 4.49. The van der Waals surface area contributed by atoms with Gasteiger partial charge in [-0.05, 0) is 35.4 Å². The van der Waals surface area contributed by atoms with Gasteiger partial charge in [0.15, 0.2) is 0 Å². The Hall–Kier alpha value is -1.24. The summed E-state index contributed by atoms with van der Waals surface area (Å²) >= 11 is 13.8. The van der Waals surface area contributed by atoms with Gasteiger partial charge in [-0.2, -0.15) is 11.8 Å². The number of hydrogen-bond donors (Lipinski definition) is 1. The smallest absolute Gasteiger partial charge is 0.251 e. The number of halogens is 2. The zero-order valence-corrected chi connectivity index (χ0v) is 18.0. The lowest BCUT2D eigenvalue weighted by Crippen LogP contribution is -2.35. The van der Waals surface area contributed by atoms with Gasteiger partial charge in [-0.25, -0.2) is 0 Å². The molecule has 0 radical (unpaired) electrons. The maximum absolute atomic E-state index is 12.4. The van der Waals surface area contributed by atoms with Crippen LogP contribution < -0.4 is 5.32 Å². The molecule has 0 unspecified atom stereocenters. The van der Waals surface area contributed by atoms with Crippen molar-refractivity contribution in [1.82, 2.24) is 10.2 Å². The van der Waals surface area contributed by atoms with Crippen molar-refractivity contribution >= 4 is 40.9 Å². The zero-order valence-electron chi connectivity index (χ0n) is 15.6. The molecule has 2 aromatic carbocycles. The zero-order chi connectivity index (χ0) is 19.8. The fraction of sp³-hybridized carbons (Fsp3) is 0.381. The van der Waals surface area contributed by atoms with E-state index in [0.717, 1.165) is 55.5 Å². The first-order chi connectivity index (χ1) is 13.6. The monoisotopic (exact) mass is 438 g/mol. The van der Waals surface area contributed by atoms with Crippen LogP contribution in [-0.4, -0.2) is 49.4 Å². The van der Waals surface area contributed by atoms with Crippen LogP contribution in [0.5, 0.6) is 0 Å². The van der Waals surface area contributed by atoms with Gasteiger partial charge in [0.2, 0.25) is 0 Å². The van der Waals surface area contributed by atoms with E-state index in [1.54, 1.807) is 17.8 Å². The highest BCUT2D eigenvalue weighted by Crippen LogP contribution is 2.24. The maximum Gasteiger partial charge on any atom is 0.251 e. The third-order valence-electron chi connectivity index (χ3n) is 4.50. The van der Waals surface area contributed by atoms with E-state index in [0.29, 0.717) is 22.2 Å². The SMILES string of the molecule is O=C(NCCSCc1ccc(Cl)cc1Cl)c1cccc(CN2CCOCC2)c1. The van der Waals surface area contributed by atoms with Crippen LogP contribution in [0.25, 0.3) is 0 Å². The fourth-order valence-corrected chi connectivity index (χ4v) is 4.40. The summed E-state index contributed by atoms with van der Waals surface area (Å²) in [7, 11) is 0. The van der Waals surface area contributed by atoms with Crippen LogP contribution in [0, 0.1) is 0 Å². The van der Waals surface area contributed by atoms with Crippen molar-refractivity contribution in [3.63, 3.8) is 0 Å². The van der Waals surface area contributed by atoms with Gasteiger partial charge in [-0.15, -0.1) is 0 Å². The van der Waals surface area contributed by atoms with Crippen LogP contribution in [0.4, 0.5) is 0 Å². The number of nitrogens with zero attached hydrogens (tertiary/aromatic N) is 1. The third kappa shape index (κ3) is 6.68. The molecule has 1 heterocycles. The highest BCUT2D eigenvalue weighted by molar-refractivity contribution is 7.98. The molecule has 28 heavy (non-hydrogen) atoms. The normalized spacial score (nSPS) is 14.8. The molecule has 4 nitrogen and oxygen atoms in total. The number of hydrogen-bond acceptors (Lipinski definition) is 4. The van der Waals surface area contributed by atoms with Crippen LogP contribution in [0.3, 0.4) is 0 Å². The lowest BCUT2D eigenvalue weighted by molar-refractivity contribution is 0.0342. The number of carbonyl (C=O) groups is 1. The Bertz CT molecular complexity index is 798. The Labute approximate surface area is 180 Å². The molecule has 0 bridgehead atoms. The Morgan fingerprint density at radius 3 is 2.75 bits per heavy atom. The average Bonchev–Trinajstić information content (AvgIpc) is 2.70. The molecule has 1 saturated heterocycles. The van der Waals surface area contributed by atoms with E-state index in [1.165, 1.54) is 0 Å². The quantitative estimate of drug-likeness (QED) is 0.616. The number of amides is 1. The van der Waals surface area contributed by atoms with Gasteiger partial charge in [-0.3, -0.25) is 9.69 Å². The standard InChI is InChI=1S/C21H24Cl2N2O2S/c22-19-5-4-18(20(23)13-19)15-28-11-6-24-21(26)17-3-1-2-16(12-17)14-25-7-9-27-10-8-25/h1-5,12-13H,6-11,14-15H2,(H,24,26). The number of benzene rings is 2. The summed E-state index contributed by atoms with van der Waals surface area (Å²) in [6.07, 6.45) is 0. The average molecular weight is 439 g/mol. The van der Waals surface area contributed by atoms with Gasteiger partial charge in [0.25, 0.3) is 5.91 Å². The second-order valence-corrected chi connectivity index (χ2v) is 8.58. The Kier molecular flexibility index (Phi) is 8.49. The molecule has 3 rings (SSSR count). The first-order valence-corrected chi connectivity index (χ1v) is 11.2.